The number of allylic oxidation sites excluding steroid dienone is 2. The fourth-order valence-corrected chi connectivity index (χ4v) is 5.86. The molecule has 0 aromatic heterocycles. The molecule has 170 valence electrons. The lowest BCUT2D eigenvalue weighted by atomic mass is 9.60. The van der Waals surface area contributed by atoms with Gasteiger partial charge in [0.25, 0.3) is 0 Å². The van der Waals surface area contributed by atoms with Crippen molar-refractivity contribution in [2.45, 2.75) is 103 Å². The number of fused-ring (bicyclic) bond motifs is 3. The Morgan fingerprint density at radius 1 is 1.03 bits per heavy atom. The van der Waals surface area contributed by atoms with Crippen molar-refractivity contribution in [2.75, 3.05) is 4.90 Å². The summed E-state index contributed by atoms with van der Waals surface area (Å²) in [7, 11) is -0.381. The normalized spacial score (nSPS) is 27.5. The van der Waals surface area contributed by atoms with Crippen molar-refractivity contribution in [3.8, 4) is 0 Å². The summed E-state index contributed by atoms with van der Waals surface area (Å²) >= 11 is 0. The molecule has 0 bridgehead atoms. The lowest BCUT2D eigenvalue weighted by Gasteiger charge is -2.40. The quantitative estimate of drug-likeness (QED) is 0.401. The lowest BCUT2D eigenvalue weighted by molar-refractivity contribution is -0.119. The standard InChI is InChI=1S/C27H36BNO3/c1-6-7-8-9-12-18-17-19-15-16-22(30)29-21-14-11-10-13-20(21)23(25(19)29)24(18)28-31-26(2,3)27(4,5)32-28/h10-11,13-14,17,23,25H,6-9,12,15-16H2,1-5H3/t23-,25+/m1/s1. The molecule has 2 saturated heterocycles. The minimum absolute atomic E-state index is 0.0714. The van der Waals surface area contributed by atoms with Crippen LogP contribution in [0.15, 0.2) is 47.0 Å². The number of hydrogen-bond acceptors (Lipinski definition) is 3. The number of piperidine rings is 1. The largest absolute Gasteiger partial charge is 0.491 e. The topological polar surface area (TPSA) is 38.8 Å². The van der Waals surface area contributed by atoms with E-state index in [1.54, 1.807) is 0 Å². The van der Waals surface area contributed by atoms with E-state index in [1.807, 2.05) is 6.07 Å². The van der Waals surface area contributed by atoms with Crippen molar-refractivity contribution < 1.29 is 14.1 Å². The van der Waals surface area contributed by atoms with E-state index in [2.05, 4.69) is 63.8 Å². The van der Waals surface area contributed by atoms with E-state index in [1.165, 1.54) is 47.9 Å². The van der Waals surface area contributed by atoms with Crippen LogP contribution in [0, 0.1) is 0 Å². The van der Waals surface area contributed by atoms with Crippen molar-refractivity contribution >= 4 is 18.7 Å². The van der Waals surface area contributed by atoms with Crippen LogP contribution in [0.2, 0.25) is 0 Å². The first-order valence-electron chi connectivity index (χ1n) is 12.4. The SMILES string of the molecule is CCCCCCC1=C(B2OC(C)(C)C(C)(C)O2)[C@H]2c3ccccc3N3C(=O)CCC(=C1)[C@@H]23. The Bertz CT molecular complexity index is 976. The first-order chi connectivity index (χ1) is 15.2. The van der Waals surface area contributed by atoms with Crippen LogP contribution in [0.5, 0.6) is 0 Å². The molecule has 4 nitrogen and oxygen atoms in total. The molecular weight excluding hydrogens is 397 g/mol. The molecule has 1 aliphatic carbocycles. The summed E-state index contributed by atoms with van der Waals surface area (Å²) in [5.41, 5.74) is 5.56. The van der Waals surface area contributed by atoms with Gasteiger partial charge in [-0.2, -0.15) is 0 Å². The minimum atomic E-state index is -0.387. The monoisotopic (exact) mass is 433 g/mol. The van der Waals surface area contributed by atoms with Gasteiger partial charge in [-0.3, -0.25) is 4.79 Å². The maximum Gasteiger partial charge on any atom is 0.491 e. The smallest absolute Gasteiger partial charge is 0.400 e. The van der Waals surface area contributed by atoms with Gasteiger partial charge < -0.3 is 14.2 Å². The number of benzene rings is 1. The van der Waals surface area contributed by atoms with Gasteiger partial charge in [0.2, 0.25) is 5.91 Å². The van der Waals surface area contributed by atoms with Crippen LogP contribution in [-0.4, -0.2) is 30.3 Å². The van der Waals surface area contributed by atoms with E-state index in [-0.39, 0.29) is 36.2 Å². The molecule has 1 aromatic carbocycles. The van der Waals surface area contributed by atoms with Crippen LogP contribution in [0.3, 0.4) is 0 Å². The average molecular weight is 433 g/mol. The zero-order chi connectivity index (χ0) is 22.7. The van der Waals surface area contributed by atoms with Crippen LogP contribution in [-0.2, 0) is 14.1 Å². The Balaban J connectivity index is 1.63. The summed E-state index contributed by atoms with van der Waals surface area (Å²) in [4.78, 5) is 15.1. The lowest BCUT2D eigenvalue weighted by Crippen LogP contribution is -2.47. The average Bonchev–Trinajstić information content (AvgIpc) is 3.20. The Morgan fingerprint density at radius 3 is 2.47 bits per heavy atom. The summed E-state index contributed by atoms with van der Waals surface area (Å²) in [5.74, 6) is 0.355. The van der Waals surface area contributed by atoms with E-state index >= 15 is 0 Å². The second kappa shape index (κ2) is 7.88. The summed E-state index contributed by atoms with van der Waals surface area (Å²) < 4.78 is 13.2. The van der Waals surface area contributed by atoms with Crippen molar-refractivity contribution in [3.63, 3.8) is 0 Å². The molecule has 2 atom stereocenters. The predicted molar refractivity (Wildman–Crippen MR) is 130 cm³/mol. The Labute approximate surface area is 193 Å². The fraction of sp³-hybridized carbons (Fsp3) is 0.593. The van der Waals surface area contributed by atoms with Crippen LogP contribution in [0.1, 0.15) is 91.0 Å². The molecule has 0 unspecified atom stereocenters. The summed E-state index contributed by atoms with van der Waals surface area (Å²) in [6.07, 6.45) is 9.83. The molecule has 0 spiro atoms. The molecule has 5 heteroatoms. The third-order valence-corrected chi connectivity index (χ3v) is 8.27. The van der Waals surface area contributed by atoms with Gasteiger partial charge in [0.1, 0.15) is 0 Å². The number of amides is 1. The van der Waals surface area contributed by atoms with Gasteiger partial charge in [-0.25, -0.2) is 0 Å². The number of hydrogen-bond donors (Lipinski definition) is 0. The third kappa shape index (κ3) is 3.31. The van der Waals surface area contributed by atoms with Gasteiger partial charge >= 0.3 is 7.12 Å². The van der Waals surface area contributed by atoms with Crippen molar-refractivity contribution in [1.29, 1.82) is 0 Å². The van der Waals surface area contributed by atoms with Gasteiger partial charge in [0.15, 0.2) is 0 Å². The molecule has 5 rings (SSSR count). The molecule has 0 N–H and O–H groups in total. The molecule has 0 radical (unpaired) electrons. The van der Waals surface area contributed by atoms with Crippen LogP contribution in [0.25, 0.3) is 0 Å². The van der Waals surface area contributed by atoms with E-state index in [0.717, 1.165) is 18.5 Å². The van der Waals surface area contributed by atoms with Gasteiger partial charge in [-0.15, -0.1) is 0 Å². The molecule has 1 amide bonds. The minimum Gasteiger partial charge on any atom is -0.400 e. The Morgan fingerprint density at radius 2 is 1.75 bits per heavy atom. The molecule has 0 saturated carbocycles. The highest BCUT2D eigenvalue weighted by Gasteiger charge is 2.58. The highest BCUT2D eigenvalue weighted by molar-refractivity contribution is 6.55. The zero-order valence-electron chi connectivity index (χ0n) is 20.2. The number of rotatable bonds is 6. The van der Waals surface area contributed by atoms with Gasteiger partial charge in [-0.05, 0) is 69.6 Å². The molecule has 3 aliphatic heterocycles. The molecule has 32 heavy (non-hydrogen) atoms. The third-order valence-electron chi connectivity index (χ3n) is 8.27. The van der Waals surface area contributed by atoms with Gasteiger partial charge in [0, 0.05) is 18.0 Å². The highest BCUT2D eigenvalue weighted by Crippen LogP contribution is 2.55. The Kier molecular flexibility index (Phi) is 5.41. The number of anilines is 1. The van der Waals surface area contributed by atoms with Gasteiger partial charge in [-0.1, -0.05) is 56.0 Å². The van der Waals surface area contributed by atoms with Crippen LogP contribution in [0.4, 0.5) is 5.69 Å². The number of carbonyl (C=O) groups excluding carboxylic acids is 1. The van der Waals surface area contributed by atoms with E-state index in [9.17, 15) is 4.79 Å². The first-order valence-corrected chi connectivity index (χ1v) is 12.4. The maximum atomic E-state index is 13.0. The Hall–Kier alpha value is -1.85. The van der Waals surface area contributed by atoms with E-state index in [0.29, 0.717) is 6.42 Å². The molecule has 1 aromatic rings. The van der Waals surface area contributed by atoms with Crippen LogP contribution < -0.4 is 4.90 Å². The zero-order valence-corrected chi connectivity index (χ0v) is 20.2. The molecule has 3 heterocycles. The summed E-state index contributed by atoms with van der Waals surface area (Å²) in [6, 6.07) is 8.53. The van der Waals surface area contributed by atoms with E-state index in [4.69, 9.17) is 9.31 Å². The predicted octanol–water partition coefficient (Wildman–Crippen LogP) is 6.12. The second-order valence-corrected chi connectivity index (χ2v) is 10.8. The van der Waals surface area contributed by atoms with E-state index < -0.39 is 0 Å². The molecular formula is C27H36BNO3. The first kappa shape index (κ1) is 22.0. The maximum absolute atomic E-state index is 13.0. The molecule has 4 aliphatic rings. The number of carbonyl (C=O) groups is 1. The molecule has 2 fully saturated rings. The second-order valence-electron chi connectivity index (χ2n) is 10.8. The summed E-state index contributed by atoms with van der Waals surface area (Å²) in [6.45, 7) is 10.7. The van der Waals surface area contributed by atoms with Crippen molar-refractivity contribution in [3.05, 3.63) is 52.5 Å². The van der Waals surface area contributed by atoms with Gasteiger partial charge in [0.05, 0.1) is 17.2 Å². The summed E-state index contributed by atoms with van der Waals surface area (Å²) in [5, 5.41) is 0. The van der Waals surface area contributed by atoms with Crippen LogP contribution >= 0.6 is 0 Å². The highest BCUT2D eigenvalue weighted by atomic mass is 16.7. The van der Waals surface area contributed by atoms with Crippen molar-refractivity contribution in [2.24, 2.45) is 0 Å². The fourth-order valence-electron chi connectivity index (χ4n) is 5.86. The van der Waals surface area contributed by atoms with Crippen molar-refractivity contribution in [1.82, 2.24) is 0 Å². The number of para-hydroxylation sites is 1. The number of unbranched alkanes of at least 4 members (excludes halogenated alkanes) is 3. The number of nitrogens with zero attached hydrogens (tertiary/aromatic N) is 1.